The lowest BCUT2D eigenvalue weighted by molar-refractivity contribution is -0.161. The lowest BCUT2D eigenvalue weighted by Gasteiger charge is -2.19. The van der Waals surface area contributed by atoms with Crippen molar-refractivity contribution in [2.24, 2.45) is 5.73 Å². The van der Waals surface area contributed by atoms with Gasteiger partial charge in [-0.15, -0.1) is 0 Å². The smallest absolute Gasteiger partial charge is 0.462 e. The van der Waals surface area contributed by atoms with Gasteiger partial charge >= 0.3 is 19.8 Å². The summed E-state index contributed by atoms with van der Waals surface area (Å²) in [4.78, 5) is 35.0. The van der Waals surface area contributed by atoms with Crippen molar-refractivity contribution in [1.29, 1.82) is 0 Å². The fourth-order valence-corrected chi connectivity index (χ4v) is 7.66. The molecular weight excluding hydrogens is 810 g/mol. The van der Waals surface area contributed by atoms with E-state index < -0.39 is 32.5 Å². The third kappa shape index (κ3) is 48.7. The second kappa shape index (κ2) is 48.9. The summed E-state index contributed by atoms with van der Waals surface area (Å²) in [7, 11) is -4.40. The van der Waals surface area contributed by atoms with E-state index >= 15 is 0 Å². The minimum Gasteiger partial charge on any atom is -0.462 e. The Labute approximate surface area is 386 Å². The molecule has 10 heteroatoms. The molecule has 0 spiro atoms. The molecule has 2 atom stereocenters. The zero-order chi connectivity index (χ0) is 46.0. The van der Waals surface area contributed by atoms with Crippen molar-refractivity contribution in [3.8, 4) is 0 Å². The summed E-state index contributed by atoms with van der Waals surface area (Å²) in [6.07, 6.45) is 61.1. The average molecular weight is 904 g/mol. The largest absolute Gasteiger partial charge is 0.472 e. The summed E-state index contributed by atoms with van der Waals surface area (Å²) in [5, 5.41) is 0. The summed E-state index contributed by atoms with van der Waals surface area (Å²) < 4.78 is 32.8. The second-order valence-electron chi connectivity index (χ2n) is 16.7. The number of phosphoric acid groups is 1. The van der Waals surface area contributed by atoms with E-state index in [2.05, 4.69) is 74.6 Å². The van der Waals surface area contributed by atoms with E-state index in [1.165, 1.54) is 122 Å². The average Bonchev–Trinajstić information content (AvgIpc) is 3.27. The monoisotopic (exact) mass is 904 g/mol. The normalized spacial score (nSPS) is 13.8. The standard InChI is InChI=1S/C53H94NO8P/c1-3-5-7-9-11-13-15-17-19-21-23-24-25-26-28-30-32-34-36-38-40-42-44-46-53(56)62-51(50-61-63(57,58)60-48-47-54)49-59-52(55)45-43-41-39-37-35-33-31-29-27-22-20-18-16-14-12-10-8-6-4-2/h6,8,12,14,18,20,27,29,33,35,39,41,51H,3-5,7,9-11,13,15-17,19,21-26,28,30-32,34,36-38,40,42-50,54H2,1-2H3,(H,57,58)/b8-6+,14-12+,20-18+,29-27+,35-33+,41-39+/t51-/m1/s1. The molecule has 63 heavy (non-hydrogen) atoms. The maximum absolute atomic E-state index is 12.6. The van der Waals surface area contributed by atoms with Gasteiger partial charge in [0, 0.05) is 19.4 Å². The van der Waals surface area contributed by atoms with Crippen molar-refractivity contribution in [3.63, 3.8) is 0 Å². The van der Waals surface area contributed by atoms with Gasteiger partial charge in [0.2, 0.25) is 0 Å². The SMILES string of the molecule is CC/C=C/C/C=C/C/C=C/C/C=C/C/C=C/C/C=C/CCC(=O)OC[C@H](COP(=O)(O)OCCN)OC(=O)CCCCCCCCCCCCCCCCCCCCCCCCC. The number of carbonyl (C=O) groups excluding carboxylic acids is 2. The van der Waals surface area contributed by atoms with Crippen molar-refractivity contribution in [2.45, 2.75) is 225 Å². The van der Waals surface area contributed by atoms with E-state index in [9.17, 15) is 19.0 Å². The third-order valence-corrected chi connectivity index (χ3v) is 11.6. The summed E-state index contributed by atoms with van der Waals surface area (Å²) in [5.41, 5.74) is 5.36. The topological polar surface area (TPSA) is 134 Å². The van der Waals surface area contributed by atoms with Crippen molar-refractivity contribution < 1.29 is 37.6 Å². The Bertz CT molecular complexity index is 1260. The Morgan fingerprint density at radius 3 is 1.27 bits per heavy atom. The van der Waals surface area contributed by atoms with Gasteiger partial charge in [-0.25, -0.2) is 4.57 Å². The molecule has 0 fully saturated rings. The van der Waals surface area contributed by atoms with Crippen molar-refractivity contribution in [1.82, 2.24) is 0 Å². The Morgan fingerprint density at radius 1 is 0.492 bits per heavy atom. The Morgan fingerprint density at radius 2 is 0.873 bits per heavy atom. The van der Waals surface area contributed by atoms with Gasteiger partial charge in [0.25, 0.3) is 0 Å². The highest BCUT2D eigenvalue weighted by Gasteiger charge is 2.26. The summed E-state index contributed by atoms with van der Waals surface area (Å²) in [6, 6.07) is 0. The van der Waals surface area contributed by atoms with Crippen LogP contribution < -0.4 is 5.73 Å². The second-order valence-corrected chi connectivity index (χ2v) is 18.1. The predicted molar refractivity (Wildman–Crippen MR) is 266 cm³/mol. The van der Waals surface area contributed by atoms with Crippen LogP contribution in [0.4, 0.5) is 0 Å². The number of hydrogen-bond donors (Lipinski definition) is 2. The van der Waals surface area contributed by atoms with Gasteiger partial charge in [0.15, 0.2) is 6.10 Å². The van der Waals surface area contributed by atoms with Crippen LogP contribution in [0.5, 0.6) is 0 Å². The zero-order valence-corrected chi connectivity index (χ0v) is 41.2. The number of allylic oxidation sites excluding steroid dienone is 12. The van der Waals surface area contributed by atoms with Gasteiger partial charge in [0.1, 0.15) is 6.61 Å². The molecule has 9 nitrogen and oxygen atoms in total. The number of phosphoric ester groups is 1. The van der Waals surface area contributed by atoms with E-state index in [-0.39, 0.29) is 32.6 Å². The van der Waals surface area contributed by atoms with Crippen molar-refractivity contribution >= 4 is 19.8 Å². The maximum Gasteiger partial charge on any atom is 0.472 e. The molecule has 0 heterocycles. The fraction of sp³-hybridized carbons (Fsp3) is 0.736. The molecule has 0 aliphatic rings. The van der Waals surface area contributed by atoms with Gasteiger partial charge in [-0.1, -0.05) is 228 Å². The highest BCUT2D eigenvalue weighted by atomic mass is 31.2. The number of rotatable bonds is 47. The molecule has 0 rings (SSSR count). The first-order valence-corrected chi connectivity index (χ1v) is 26.9. The van der Waals surface area contributed by atoms with Crippen LogP contribution >= 0.6 is 7.82 Å². The van der Waals surface area contributed by atoms with E-state index in [1.54, 1.807) is 0 Å². The summed E-state index contributed by atoms with van der Waals surface area (Å²) in [5.74, 6) is -0.922. The highest BCUT2D eigenvalue weighted by molar-refractivity contribution is 7.47. The fourth-order valence-electron chi connectivity index (χ4n) is 6.90. The number of carbonyl (C=O) groups is 2. The first-order valence-electron chi connectivity index (χ1n) is 25.4. The number of nitrogens with two attached hydrogens (primary N) is 1. The van der Waals surface area contributed by atoms with Crippen LogP contribution in [-0.2, 0) is 32.7 Å². The summed E-state index contributed by atoms with van der Waals surface area (Å²) >= 11 is 0. The molecule has 0 radical (unpaired) electrons. The lowest BCUT2D eigenvalue weighted by Crippen LogP contribution is -2.29. The Balaban J connectivity index is 4.13. The van der Waals surface area contributed by atoms with Crippen LogP contribution in [0, 0.1) is 0 Å². The molecule has 1 unspecified atom stereocenters. The molecule has 0 aliphatic heterocycles. The van der Waals surface area contributed by atoms with E-state index in [4.69, 9.17) is 24.3 Å². The van der Waals surface area contributed by atoms with E-state index in [0.29, 0.717) is 12.8 Å². The molecule has 3 N–H and O–H groups in total. The van der Waals surface area contributed by atoms with Gasteiger partial charge in [-0.3, -0.25) is 18.6 Å². The first kappa shape index (κ1) is 60.5. The van der Waals surface area contributed by atoms with Crippen molar-refractivity contribution in [3.05, 3.63) is 72.9 Å². The van der Waals surface area contributed by atoms with Crippen LogP contribution in [0.25, 0.3) is 0 Å². The predicted octanol–water partition coefficient (Wildman–Crippen LogP) is 15.4. The van der Waals surface area contributed by atoms with E-state index in [1.807, 2.05) is 12.2 Å². The number of hydrogen-bond acceptors (Lipinski definition) is 8. The number of esters is 2. The Hall–Kier alpha value is -2.55. The Kier molecular flexibility index (Phi) is 46.9. The third-order valence-electron chi connectivity index (χ3n) is 10.6. The number of ether oxygens (including phenoxy) is 2. The molecule has 0 bridgehead atoms. The van der Waals surface area contributed by atoms with E-state index in [0.717, 1.165) is 57.8 Å². The minimum absolute atomic E-state index is 0.0419. The first-order chi connectivity index (χ1) is 30.8. The van der Waals surface area contributed by atoms with Crippen LogP contribution in [-0.4, -0.2) is 49.3 Å². The maximum atomic E-state index is 12.6. The summed E-state index contributed by atoms with van der Waals surface area (Å²) in [6.45, 7) is 3.56. The molecule has 0 aromatic heterocycles. The van der Waals surface area contributed by atoms with Crippen LogP contribution in [0.15, 0.2) is 72.9 Å². The molecule has 0 aromatic rings. The van der Waals surface area contributed by atoms with Gasteiger partial charge in [-0.2, -0.15) is 0 Å². The highest BCUT2D eigenvalue weighted by Crippen LogP contribution is 2.43. The van der Waals surface area contributed by atoms with Gasteiger partial charge in [0.05, 0.1) is 13.2 Å². The van der Waals surface area contributed by atoms with Crippen LogP contribution in [0.3, 0.4) is 0 Å². The van der Waals surface area contributed by atoms with Crippen LogP contribution in [0.1, 0.15) is 219 Å². The molecule has 0 amide bonds. The molecule has 0 saturated carbocycles. The minimum atomic E-state index is -4.40. The molecular formula is C53H94NO8P. The molecule has 0 aliphatic carbocycles. The zero-order valence-electron chi connectivity index (χ0n) is 40.3. The van der Waals surface area contributed by atoms with Crippen LogP contribution in [0.2, 0.25) is 0 Å². The van der Waals surface area contributed by atoms with Crippen molar-refractivity contribution in [2.75, 3.05) is 26.4 Å². The quantitative estimate of drug-likeness (QED) is 0.0265. The lowest BCUT2D eigenvalue weighted by atomic mass is 10.0. The molecule has 0 saturated heterocycles. The number of unbranched alkanes of at least 4 members (excludes halogenated alkanes) is 22. The van der Waals surface area contributed by atoms with Gasteiger partial charge < -0.3 is 20.1 Å². The molecule has 0 aromatic carbocycles. The van der Waals surface area contributed by atoms with Gasteiger partial charge in [-0.05, 0) is 51.4 Å². The molecule has 364 valence electrons.